The van der Waals surface area contributed by atoms with E-state index in [0.29, 0.717) is 26.1 Å². The molecule has 0 saturated carbocycles. The van der Waals surface area contributed by atoms with Crippen LogP contribution in [0.25, 0.3) is 11.0 Å². The van der Waals surface area contributed by atoms with Gasteiger partial charge in [-0.15, -0.1) is 6.58 Å². The molecule has 0 bridgehead atoms. The Morgan fingerprint density at radius 2 is 1.90 bits per heavy atom. The van der Waals surface area contributed by atoms with Crippen molar-refractivity contribution in [3.8, 4) is 11.5 Å². The van der Waals surface area contributed by atoms with Crippen LogP contribution in [-0.2, 0) is 11.3 Å². The fraction of sp³-hybridized carbons (Fsp3) is 0.360. The maximum Gasteiger partial charge on any atom is 0.223 e. The van der Waals surface area contributed by atoms with E-state index in [-0.39, 0.29) is 11.8 Å². The molecule has 2 heterocycles. The summed E-state index contributed by atoms with van der Waals surface area (Å²) in [4.78, 5) is 19.1. The van der Waals surface area contributed by atoms with E-state index in [4.69, 9.17) is 14.5 Å². The van der Waals surface area contributed by atoms with Gasteiger partial charge in [0, 0.05) is 32.0 Å². The smallest absolute Gasteiger partial charge is 0.223 e. The van der Waals surface area contributed by atoms with Gasteiger partial charge in [-0.3, -0.25) is 4.79 Å². The van der Waals surface area contributed by atoms with Crippen LogP contribution in [-0.4, -0.2) is 47.2 Å². The number of aryl methyl sites for hydroxylation is 1. The van der Waals surface area contributed by atoms with Crippen molar-refractivity contribution in [2.75, 3.05) is 26.8 Å². The van der Waals surface area contributed by atoms with Crippen molar-refractivity contribution in [2.24, 2.45) is 0 Å². The number of hydrogen-bond acceptors (Lipinski definition) is 4. The minimum Gasteiger partial charge on any atom is -0.493 e. The predicted octanol–water partition coefficient (Wildman–Crippen LogP) is 4.41. The number of benzene rings is 2. The Morgan fingerprint density at radius 3 is 2.71 bits per heavy atom. The van der Waals surface area contributed by atoms with E-state index in [2.05, 4.69) is 17.2 Å². The number of fused-ring (bicyclic) bond motifs is 1. The molecule has 0 radical (unpaired) electrons. The number of carbonyl (C=O) groups is 1. The molecule has 1 amide bonds. The molecule has 1 saturated heterocycles. The maximum absolute atomic E-state index is 12.4. The highest BCUT2D eigenvalue weighted by molar-refractivity contribution is 5.81. The second-order valence-corrected chi connectivity index (χ2v) is 7.81. The number of methoxy groups -OCH3 is 1. The highest BCUT2D eigenvalue weighted by atomic mass is 16.5. The van der Waals surface area contributed by atoms with Crippen molar-refractivity contribution in [3.05, 3.63) is 67.0 Å². The molecular formula is C25H29N3O3. The molecule has 162 valence electrons. The minimum atomic E-state index is 0.115. The van der Waals surface area contributed by atoms with Crippen molar-refractivity contribution in [1.82, 2.24) is 14.5 Å². The molecule has 1 unspecified atom stereocenters. The van der Waals surface area contributed by atoms with E-state index in [1.165, 1.54) is 0 Å². The van der Waals surface area contributed by atoms with Gasteiger partial charge in [0.05, 0.1) is 24.8 Å². The number of hydrogen-bond donors (Lipinski definition) is 0. The summed E-state index contributed by atoms with van der Waals surface area (Å²) in [7, 11) is 1.65. The molecule has 1 fully saturated rings. The van der Waals surface area contributed by atoms with Crippen molar-refractivity contribution in [1.29, 1.82) is 0 Å². The van der Waals surface area contributed by atoms with E-state index in [1.807, 2.05) is 47.4 Å². The average molecular weight is 420 g/mol. The van der Waals surface area contributed by atoms with Crippen molar-refractivity contribution >= 4 is 16.9 Å². The number of nitrogens with zero attached hydrogens (tertiary/aromatic N) is 3. The quantitative estimate of drug-likeness (QED) is 0.361. The third-order valence-electron chi connectivity index (χ3n) is 5.72. The molecule has 2 aromatic carbocycles. The van der Waals surface area contributed by atoms with E-state index < -0.39 is 0 Å². The van der Waals surface area contributed by atoms with E-state index >= 15 is 0 Å². The number of aromatic nitrogens is 2. The van der Waals surface area contributed by atoms with Crippen LogP contribution in [0.2, 0.25) is 0 Å². The fourth-order valence-electron chi connectivity index (χ4n) is 4.21. The number of ether oxygens (including phenoxy) is 2. The first kappa shape index (κ1) is 21.0. The molecule has 0 N–H and O–H groups in total. The average Bonchev–Trinajstić information content (AvgIpc) is 3.34. The van der Waals surface area contributed by atoms with Gasteiger partial charge in [-0.2, -0.15) is 0 Å². The second-order valence-electron chi connectivity index (χ2n) is 7.81. The van der Waals surface area contributed by atoms with Gasteiger partial charge < -0.3 is 18.9 Å². The van der Waals surface area contributed by atoms with Gasteiger partial charge in [0.1, 0.15) is 5.82 Å². The standard InChI is InChI=1S/C25H29N3O3/c1-3-14-27-18-19(17-24(27)29)25-26-20-10-4-5-11-21(20)28(25)15-8-9-16-31-23-13-7-6-12-22(23)30-2/h3-7,10-13,19H,1,8-9,14-18H2,2H3. The summed E-state index contributed by atoms with van der Waals surface area (Å²) in [5.41, 5.74) is 2.11. The summed E-state index contributed by atoms with van der Waals surface area (Å²) in [6.07, 6.45) is 4.16. The highest BCUT2D eigenvalue weighted by Crippen LogP contribution is 2.31. The molecule has 0 aliphatic carbocycles. The lowest BCUT2D eigenvalue weighted by atomic mass is 10.1. The third-order valence-corrected chi connectivity index (χ3v) is 5.72. The lowest BCUT2D eigenvalue weighted by Crippen LogP contribution is -2.25. The largest absolute Gasteiger partial charge is 0.493 e. The third kappa shape index (κ3) is 4.58. The zero-order chi connectivity index (χ0) is 21.6. The molecule has 4 rings (SSSR count). The highest BCUT2D eigenvalue weighted by Gasteiger charge is 2.33. The Kier molecular flexibility index (Phi) is 6.55. The number of unbranched alkanes of at least 4 members (excludes halogenated alkanes) is 1. The van der Waals surface area contributed by atoms with Crippen molar-refractivity contribution in [3.63, 3.8) is 0 Å². The lowest BCUT2D eigenvalue weighted by Gasteiger charge is -2.16. The number of imidazole rings is 1. The van der Waals surface area contributed by atoms with Gasteiger partial charge >= 0.3 is 0 Å². The molecule has 31 heavy (non-hydrogen) atoms. The summed E-state index contributed by atoms with van der Waals surface area (Å²) in [5, 5.41) is 0. The Balaban J connectivity index is 1.43. The molecule has 1 aliphatic heterocycles. The first-order valence-electron chi connectivity index (χ1n) is 10.8. The van der Waals surface area contributed by atoms with Crippen LogP contribution < -0.4 is 9.47 Å². The van der Waals surface area contributed by atoms with E-state index in [9.17, 15) is 4.79 Å². The van der Waals surface area contributed by atoms with Gasteiger partial charge in [0.2, 0.25) is 5.91 Å². The Bertz CT molecular complexity index is 1060. The number of carbonyl (C=O) groups excluding carboxylic acids is 1. The molecule has 6 nitrogen and oxygen atoms in total. The molecule has 0 spiro atoms. The SMILES string of the molecule is C=CCN1CC(c2nc3ccccc3n2CCCCOc2ccccc2OC)CC1=O. The second kappa shape index (κ2) is 9.69. The van der Waals surface area contributed by atoms with Gasteiger partial charge in [-0.25, -0.2) is 4.98 Å². The van der Waals surface area contributed by atoms with Crippen LogP contribution in [0, 0.1) is 0 Å². The summed E-state index contributed by atoms with van der Waals surface area (Å²) in [6, 6.07) is 15.9. The van der Waals surface area contributed by atoms with Gasteiger partial charge in [-0.05, 0) is 37.1 Å². The molecular weight excluding hydrogens is 390 g/mol. The number of para-hydroxylation sites is 4. The van der Waals surface area contributed by atoms with Crippen LogP contribution >= 0.6 is 0 Å². The molecule has 1 atom stereocenters. The van der Waals surface area contributed by atoms with Crippen LogP contribution in [0.4, 0.5) is 0 Å². The van der Waals surface area contributed by atoms with Gasteiger partial charge in [0.15, 0.2) is 11.5 Å². The van der Waals surface area contributed by atoms with Crippen molar-refractivity contribution in [2.45, 2.75) is 31.7 Å². The Labute approximate surface area is 183 Å². The summed E-state index contributed by atoms with van der Waals surface area (Å²) in [6.45, 7) is 6.52. The van der Waals surface area contributed by atoms with Gasteiger partial charge in [-0.1, -0.05) is 30.3 Å². The van der Waals surface area contributed by atoms with Crippen LogP contribution in [0.15, 0.2) is 61.2 Å². The molecule has 1 aromatic heterocycles. The molecule has 1 aliphatic rings. The lowest BCUT2D eigenvalue weighted by molar-refractivity contribution is -0.127. The van der Waals surface area contributed by atoms with E-state index in [1.54, 1.807) is 13.2 Å². The normalized spacial score (nSPS) is 16.1. The molecule has 3 aromatic rings. The number of rotatable bonds is 10. The Morgan fingerprint density at radius 1 is 1.13 bits per heavy atom. The zero-order valence-electron chi connectivity index (χ0n) is 18.0. The van der Waals surface area contributed by atoms with Crippen molar-refractivity contribution < 1.29 is 14.3 Å². The van der Waals surface area contributed by atoms with Crippen LogP contribution in [0.5, 0.6) is 11.5 Å². The maximum atomic E-state index is 12.4. The van der Waals surface area contributed by atoms with E-state index in [0.717, 1.165) is 47.7 Å². The summed E-state index contributed by atoms with van der Waals surface area (Å²) >= 11 is 0. The Hall–Kier alpha value is -3.28. The minimum absolute atomic E-state index is 0.115. The van der Waals surface area contributed by atoms with Crippen LogP contribution in [0.3, 0.4) is 0 Å². The first-order chi connectivity index (χ1) is 15.2. The monoisotopic (exact) mass is 419 g/mol. The first-order valence-corrected chi connectivity index (χ1v) is 10.8. The summed E-state index contributed by atoms with van der Waals surface area (Å²) in [5.74, 6) is 2.82. The zero-order valence-corrected chi connectivity index (χ0v) is 18.0. The van der Waals surface area contributed by atoms with Crippen LogP contribution in [0.1, 0.15) is 31.0 Å². The number of amides is 1. The van der Waals surface area contributed by atoms with Gasteiger partial charge in [0.25, 0.3) is 0 Å². The molecule has 6 heteroatoms. The number of likely N-dealkylation sites (tertiary alicyclic amines) is 1. The predicted molar refractivity (Wildman–Crippen MR) is 122 cm³/mol. The topological polar surface area (TPSA) is 56.6 Å². The fourth-order valence-corrected chi connectivity index (χ4v) is 4.21. The summed E-state index contributed by atoms with van der Waals surface area (Å²) < 4.78 is 13.5.